The fourth-order valence-corrected chi connectivity index (χ4v) is 4.72. The van der Waals surface area contributed by atoms with Gasteiger partial charge >= 0.3 is 0 Å². The maximum Gasteiger partial charge on any atom is 0.216 e. The van der Waals surface area contributed by atoms with Crippen molar-refractivity contribution in [1.82, 2.24) is 15.4 Å². The van der Waals surface area contributed by atoms with Crippen molar-refractivity contribution in [2.75, 3.05) is 13.1 Å². The highest BCUT2D eigenvalue weighted by atomic mass is 127. The van der Waals surface area contributed by atoms with E-state index in [1.54, 1.807) is 0 Å². The largest absolute Gasteiger partial charge is 0.357 e. The summed E-state index contributed by atoms with van der Waals surface area (Å²) in [6.45, 7) is 11.8. The minimum absolute atomic E-state index is 0. The van der Waals surface area contributed by atoms with E-state index in [2.05, 4.69) is 53.5 Å². The first-order valence-electron chi connectivity index (χ1n) is 10.9. The quantitative estimate of drug-likeness (QED) is 0.225. The van der Waals surface area contributed by atoms with Crippen LogP contribution in [0.15, 0.2) is 53.5 Å². The van der Waals surface area contributed by atoms with E-state index in [1.807, 2.05) is 45.0 Å². The molecule has 0 heterocycles. The topological polar surface area (TPSA) is 82.6 Å². The molecule has 32 heavy (non-hydrogen) atoms. The fraction of sp³-hybridized carbons (Fsp3) is 0.458. The number of hydrogen-bond donors (Lipinski definition) is 3. The lowest BCUT2D eigenvalue weighted by molar-refractivity contribution is 0.569. The van der Waals surface area contributed by atoms with Gasteiger partial charge in [-0.1, -0.05) is 61.0 Å². The summed E-state index contributed by atoms with van der Waals surface area (Å²) in [6, 6.07) is 16.0. The number of rotatable bonds is 10. The summed E-state index contributed by atoms with van der Waals surface area (Å²) >= 11 is 0. The minimum atomic E-state index is -3.39. The molecule has 1 unspecified atom stereocenters. The predicted octanol–water partition coefficient (Wildman–Crippen LogP) is 4.30. The lowest BCUT2D eigenvalue weighted by atomic mass is 10.0. The molecule has 6 nitrogen and oxygen atoms in total. The van der Waals surface area contributed by atoms with Crippen LogP contribution in [0.1, 0.15) is 55.9 Å². The summed E-state index contributed by atoms with van der Waals surface area (Å²) in [7, 11) is -3.39. The predicted molar refractivity (Wildman–Crippen MR) is 145 cm³/mol. The van der Waals surface area contributed by atoms with Gasteiger partial charge in [-0.25, -0.2) is 18.1 Å². The molecule has 0 aliphatic carbocycles. The summed E-state index contributed by atoms with van der Waals surface area (Å²) < 4.78 is 27.4. The van der Waals surface area contributed by atoms with Crippen molar-refractivity contribution >= 4 is 40.0 Å². The second-order valence-electron chi connectivity index (χ2n) is 8.19. The van der Waals surface area contributed by atoms with Gasteiger partial charge in [0.05, 0.1) is 12.3 Å². The number of sulfonamides is 1. The van der Waals surface area contributed by atoms with E-state index in [1.165, 1.54) is 11.1 Å². The molecule has 0 fully saturated rings. The zero-order valence-corrected chi connectivity index (χ0v) is 22.8. The van der Waals surface area contributed by atoms with Crippen LogP contribution in [0, 0.1) is 6.92 Å². The van der Waals surface area contributed by atoms with Crippen molar-refractivity contribution in [3.8, 4) is 0 Å². The van der Waals surface area contributed by atoms with E-state index < -0.39 is 10.0 Å². The number of guanidine groups is 1. The summed E-state index contributed by atoms with van der Waals surface area (Å²) in [6.07, 6.45) is 0. The molecule has 0 aliphatic heterocycles. The van der Waals surface area contributed by atoms with Crippen LogP contribution in [0.3, 0.4) is 0 Å². The molecular weight excluding hydrogens is 535 g/mol. The third kappa shape index (κ3) is 9.87. The molecule has 0 aromatic heterocycles. The Morgan fingerprint density at radius 1 is 0.969 bits per heavy atom. The molecule has 2 rings (SSSR count). The fourth-order valence-electron chi connectivity index (χ4n) is 3.23. The molecule has 1 atom stereocenters. The highest BCUT2D eigenvalue weighted by Gasteiger charge is 2.15. The second-order valence-corrected chi connectivity index (χ2v) is 9.94. The Bertz CT molecular complexity index is 960. The Hall–Kier alpha value is -1.65. The van der Waals surface area contributed by atoms with Gasteiger partial charge in [-0.2, -0.15) is 0 Å². The molecule has 0 radical (unpaired) electrons. The summed E-state index contributed by atoms with van der Waals surface area (Å²) in [5.74, 6) is 1.01. The lowest BCUT2D eigenvalue weighted by Crippen LogP contribution is -2.39. The van der Waals surface area contributed by atoms with Gasteiger partial charge in [0, 0.05) is 19.1 Å². The number of nitrogens with one attached hydrogen (secondary N) is 3. The van der Waals surface area contributed by atoms with Crippen LogP contribution in [0.5, 0.6) is 0 Å². The Kier molecular flexibility index (Phi) is 12.2. The van der Waals surface area contributed by atoms with Crippen molar-refractivity contribution in [3.63, 3.8) is 0 Å². The molecule has 0 aliphatic rings. The molecule has 0 amide bonds. The van der Waals surface area contributed by atoms with Crippen LogP contribution in [-0.2, 0) is 22.3 Å². The van der Waals surface area contributed by atoms with Gasteiger partial charge in [0.2, 0.25) is 10.0 Å². The highest BCUT2D eigenvalue weighted by Crippen LogP contribution is 2.15. The normalized spacial score (nSPS) is 12.9. The van der Waals surface area contributed by atoms with Crippen molar-refractivity contribution in [1.29, 1.82) is 0 Å². The Labute approximate surface area is 210 Å². The van der Waals surface area contributed by atoms with Gasteiger partial charge < -0.3 is 10.6 Å². The molecule has 2 aromatic rings. The van der Waals surface area contributed by atoms with Crippen LogP contribution in [0.2, 0.25) is 0 Å². The summed E-state index contributed by atoms with van der Waals surface area (Å²) in [5, 5.41) is 6.68. The molecular formula is C24H37IN4O2S. The van der Waals surface area contributed by atoms with Gasteiger partial charge in [-0.15, -0.1) is 24.0 Å². The van der Waals surface area contributed by atoms with Gasteiger partial charge in [0.25, 0.3) is 0 Å². The van der Waals surface area contributed by atoms with Crippen LogP contribution in [-0.4, -0.2) is 33.5 Å². The van der Waals surface area contributed by atoms with E-state index in [9.17, 15) is 8.42 Å². The number of nitrogens with zero attached hydrogens (tertiary/aromatic N) is 1. The number of hydrogen-bond acceptors (Lipinski definition) is 3. The smallest absolute Gasteiger partial charge is 0.216 e. The van der Waals surface area contributed by atoms with Crippen molar-refractivity contribution in [3.05, 3.63) is 70.8 Å². The number of benzene rings is 2. The number of aryl methyl sites for hydroxylation is 1. The van der Waals surface area contributed by atoms with Gasteiger partial charge in [0.15, 0.2) is 5.96 Å². The Morgan fingerprint density at radius 3 is 2.19 bits per heavy atom. The van der Waals surface area contributed by atoms with Crippen LogP contribution in [0.25, 0.3) is 0 Å². The molecule has 3 N–H and O–H groups in total. The van der Waals surface area contributed by atoms with Gasteiger partial charge in [-0.3, -0.25) is 0 Å². The average Bonchev–Trinajstić information content (AvgIpc) is 2.70. The Balaban J connectivity index is 0.00000512. The van der Waals surface area contributed by atoms with Gasteiger partial charge in [-0.05, 0) is 50.3 Å². The van der Waals surface area contributed by atoms with Crippen LogP contribution in [0.4, 0.5) is 0 Å². The van der Waals surface area contributed by atoms with E-state index in [0.29, 0.717) is 12.5 Å². The molecule has 2 aromatic carbocycles. The Morgan fingerprint density at radius 2 is 1.59 bits per heavy atom. The highest BCUT2D eigenvalue weighted by molar-refractivity contribution is 14.0. The first-order chi connectivity index (χ1) is 14.7. The van der Waals surface area contributed by atoms with Gasteiger partial charge in [0.1, 0.15) is 0 Å². The van der Waals surface area contributed by atoms with E-state index >= 15 is 0 Å². The first-order valence-corrected chi connectivity index (χ1v) is 12.5. The van der Waals surface area contributed by atoms with Crippen molar-refractivity contribution < 1.29 is 8.42 Å². The number of halogens is 1. The minimum Gasteiger partial charge on any atom is -0.357 e. The van der Waals surface area contributed by atoms with Crippen LogP contribution >= 0.6 is 24.0 Å². The van der Waals surface area contributed by atoms with Crippen LogP contribution < -0.4 is 15.4 Å². The maximum absolute atomic E-state index is 12.4. The van der Waals surface area contributed by atoms with Crippen molar-refractivity contribution in [2.45, 2.75) is 58.9 Å². The number of aliphatic imine (C=N–C) groups is 1. The monoisotopic (exact) mass is 572 g/mol. The third-order valence-corrected chi connectivity index (χ3v) is 6.37. The molecule has 0 saturated heterocycles. The average molecular weight is 573 g/mol. The molecule has 0 saturated carbocycles. The molecule has 0 bridgehead atoms. The van der Waals surface area contributed by atoms with E-state index in [-0.39, 0.29) is 35.8 Å². The zero-order chi connectivity index (χ0) is 22.9. The van der Waals surface area contributed by atoms with E-state index in [0.717, 1.165) is 30.2 Å². The molecule has 0 spiro atoms. The standard InChI is InChI=1S/C24H36N4O2S.HI/c1-6-25-24(26-15-20(5)21-13-11-19(4)12-14-21)27-16-22-9-7-8-10-23(22)17-31(29,30)28-18(2)3;/h7-14,18,20,28H,6,15-17H2,1-5H3,(H2,25,26,27);1H. The summed E-state index contributed by atoms with van der Waals surface area (Å²) in [5.41, 5.74) is 4.20. The lowest BCUT2D eigenvalue weighted by Gasteiger charge is -2.17. The molecule has 8 heteroatoms. The summed E-state index contributed by atoms with van der Waals surface area (Å²) in [4.78, 5) is 4.69. The zero-order valence-electron chi connectivity index (χ0n) is 19.7. The first kappa shape index (κ1) is 28.4. The molecule has 178 valence electrons. The van der Waals surface area contributed by atoms with Crippen molar-refractivity contribution in [2.24, 2.45) is 4.99 Å². The SMILES string of the molecule is CCNC(=NCc1ccccc1CS(=O)(=O)NC(C)C)NCC(C)c1ccc(C)cc1.I. The second kappa shape index (κ2) is 13.8. The third-order valence-electron chi connectivity index (χ3n) is 4.85. The van der Waals surface area contributed by atoms with E-state index in [4.69, 9.17) is 4.99 Å². The maximum atomic E-state index is 12.4.